The number of carbonyl (C=O) groups excluding carboxylic acids is 2. The number of esters is 1. The van der Waals surface area contributed by atoms with Crippen LogP contribution in [0.5, 0.6) is 0 Å². The standard InChI is InChI=1S/C12H12FNO3/c1-14-11(15)8-17-12(16)7-4-9-2-5-10(13)6-3-9/h2-7H,8H2,1H3,(H,14,15). The Morgan fingerprint density at radius 3 is 2.59 bits per heavy atom. The van der Waals surface area contributed by atoms with Gasteiger partial charge in [-0.3, -0.25) is 4.79 Å². The van der Waals surface area contributed by atoms with Gasteiger partial charge in [-0.2, -0.15) is 0 Å². The monoisotopic (exact) mass is 237 g/mol. The molecule has 0 heterocycles. The van der Waals surface area contributed by atoms with Crippen molar-refractivity contribution in [1.82, 2.24) is 5.32 Å². The summed E-state index contributed by atoms with van der Waals surface area (Å²) in [6.45, 7) is -0.316. The first-order chi connectivity index (χ1) is 8.11. The summed E-state index contributed by atoms with van der Waals surface area (Å²) in [5, 5.41) is 2.32. The molecule has 0 saturated carbocycles. The van der Waals surface area contributed by atoms with Crippen LogP contribution in [0, 0.1) is 5.82 Å². The maximum atomic E-state index is 12.6. The molecule has 0 unspecified atom stereocenters. The summed E-state index contributed by atoms with van der Waals surface area (Å²) in [5.74, 6) is -1.35. The maximum absolute atomic E-state index is 12.6. The first kappa shape index (κ1) is 12.9. The number of benzene rings is 1. The van der Waals surface area contributed by atoms with Gasteiger partial charge in [0, 0.05) is 13.1 Å². The molecule has 1 aromatic rings. The molecular weight excluding hydrogens is 225 g/mol. The molecule has 0 aromatic heterocycles. The van der Waals surface area contributed by atoms with Gasteiger partial charge in [-0.1, -0.05) is 12.1 Å². The Labute approximate surface area is 98.1 Å². The Kier molecular flexibility index (Phi) is 4.87. The third-order valence-corrected chi connectivity index (χ3v) is 1.91. The number of amides is 1. The molecule has 4 nitrogen and oxygen atoms in total. The van der Waals surface area contributed by atoms with Crippen LogP contribution in [0.4, 0.5) is 4.39 Å². The largest absolute Gasteiger partial charge is 0.452 e. The Morgan fingerprint density at radius 2 is 2.00 bits per heavy atom. The highest BCUT2D eigenvalue weighted by atomic mass is 19.1. The molecule has 17 heavy (non-hydrogen) atoms. The minimum absolute atomic E-state index is 0.316. The summed E-state index contributed by atoms with van der Waals surface area (Å²) < 4.78 is 17.2. The smallest absolute Gasteiger partial charge is 0.331 e. The SMILES string of the molecule is CNC(=O)COC(=O)C=Cc1ccc(F)cc1. The van der Waals surface area contributed by atoms with Crippen LogP contribution in [0.15, 0.2) is 30.3 Å². The van der Waals surface area contributed by atoms with Crippen molar-refractivity contribution in [3.05, 3.63) is 41.7 Å². The van der Waals surface area contributed by atoms with Crippen molar-refractivity contribution in [1.29, 1.82) is 0 Å². The molecule has 0 atom stereocenters. The van der Waals surface area contributed by atoms with Crippen molar-refractivity contribution in [3.63, 3.8) is 0 Å². The van der Waals surface area contributed by atoms with E-state index in [2.05, 4.69) is 10.1 Å². The van der Waals surface area contributed by atoms with Gasteiger partial charge in [0.25, 0.3) is 5.91 Å². The molecular formula is C12H12FNO3. The van der Waals surface area contributed by atoms with Crippen LogP contribution in [0.25, 0.3) is 6.08 Å². The minimum atomic E-state index is -0.627. The number of nitrogens with one attached hydrogen (secondary N) is 1. The molecule has 0 fully saturated rings. The number of ether oxygens (including phenoxy) is 1. The normalized spacial score (nSPS) is 10.2. The first-order valence-corrected chi connectivity index (χ1v) is 4.93. The molecule has 90 valence electrons. The van der Waals surface area contributed by atoms with E-state index in [-0.39, 0.29) is 18.3 Å². The Bertz CT molecular complexity index is 426. The predicted octanol–water partition coefficient (Wildman–Crippen LogP) is 1.13. The van der Waals surface area contributed by atoms with Gasteiger partial charge in [0.05, 0.1) is 0 Å². The number of carbonyl (C=O) groups is 2. The van der Waals surface area contributed by atoms with E-state index in [1.54, 1.807) is 0 Å². The number of hydrogen-bond acceptors (Lipinski definition) is 3. The van der Waals surface area contributed by atoms with Gasteiger partial charge in [-0.25, -0.2) is 9.18 Å². The topological polar surface area (TPSA) is 55.4 Å². The zero-order valence-electron chi connectivity index (χ0n) is 9.27. The lowest BCUT2D eigenvalue weighted by Crippen LogP contribution is -2.24. The van der Waals surface area contributed by atoms with E-state index in [1.807, 2.05) is 0 Å². The van der Waals surface area contributed by atoms with E-state index in [1.165, 1.54) is 43.5 Å². The van der Waals surface area contributed by atoms with E-state index in [4.69, 9.17) is 0 Å². The van der Waals surface area contributed by atoms with Gasteiger partial charge in [-0.15, -0.1) is 0 Å². The summed E-state index contributed by atoms with van der Waals surface area (Å²) in [4.78, 5) is 21.9. The molecule has 1 N–H and O–H groups in total. The van der Waals surface area contributed by atoms with E-state index in [9.17, 15) is 14.0 Å². The lowest BCUT2D eigenvalue weighted by Gasteiger charge is -1.99. The van der Waals surface area contributed by atoms with E-state index < -0.39 is 5.97 Å². The Hall–Kier alpha value is -2.17. The van der Waals surface area contributed by atoms with Crippen molar-refractivity contribution in [2.75, 3.05) is 13.7 Å². The van der Waals surface area contributed by atoms with Gasteiger partial charge in [0.2, 0.25) is 0 Å². The second-order valence-corrected chi connectivity index (χ2v) is 3.17. The highest BCUT2D eigenvalue weighted by Crippen LogP contribution is 2.04. The summed E-state index contributed by atoms with van der Waals surface area (Å²) >= 11 is 0. The van der Waals surface area contributed by atoms with Crippen molar-refractivity contribution in [2.45, 2.75) is 0 Å². The van der Waals surface area contributed by atoms with E-state index in [0.717, 1.165) is 0 Å². The molecule has 0 aliphatic heterocycles. The van der Waals surface area contributed by atoms with Gasteiger partial charge >= 0.3 is 5.97 Å². The third kappa shape index (κ3) is 4.92. The summed E-state index contributed by atoms with van der Waals surface area (Å²) in [7, 11) is 1.45. The molecule has 0 aliphatic carbocycles. The fourth-order valence-electron chi connectivity index (χ4n) is 0.995. The second kappa shape index (κ2) is 6.42. The van der Waals surface area contributed by atoms with Gasteiger partial charge in [0.1, 0.15) is 5.82 Å². The quantitative estimate of drug-likeness (QED) is 0.630. The molecule has 0 saturated heterocycles. The van der Waals surface area contributed by atoms with Crippen LogP contribution < -0.4 is 5.32 Å². The van der Waals surface area contributed by atoms with Crippen LogP contribution in [0.3, 0.4) is 0 Å². The molecule has 0 bridgehead atoms. The first-order valence-electron chi connectivity index (χ1n) is 4.93. The molecule has 1 aromatic carbocycles. The fraction of sp³-hybridized carbons (Fsp3) is 0.167. The van der Waals surface area contributed by atoms with Crippen LogP contribution >= 0.6 is 0 Å². The number of rotatable bonds is 4. The van der Waals surface area contributed by atoms with Crippen LogP contribution in [-0.2, 0) is 14.3 Å². The lowest BCUT2D eigenvalue weighted by atomic mass is 10.2. The molecule has 0 aliphatic rings. The van der Waals surface area contributed by atoms with Crippen LogP contribution in [0.2, 0.25) is 0 Å². The van der Waals surface area contributed by atoms with Crippen molar-refractivity contribution in [3.8, 4) is 0 Å². The Morgan fingerprint density at radius 1 is 1.35 bits per heavy atom. The minimum Gasteiger partial charge on any atom is -0.452 e. The summed E-state index contributed by atoms with van der Waals surface area (Å²) in [6, 6.07) is 5.63. The number of halogens is 1. The number of hydrogen-bond donors (Lipinski definition) is 1. The average molecular weight is 237 g/mol. The lowest BCUT2D eigenvalue weighted by molar-refractivity contribution is -0.143. The van der Waals surface area contributed by atoms with Crippen molar-refractivity contribution < 1.29 is 18.7 Å². The molecule has 5 heteroatoms. The molecule has 0 spiro atoms. The fourth-order valence-corrected chi connectivity index (χ4v) is 0.995. The van der Waals surface area contributed by atoms with Gasteiger partial charge < -0.3 is 10.1 Å². The predicted molar refractivity (Wildman–Crippen MR) is 60.5 cm³/mol. The maximum Gasteiger partial charge on any atom is 0.331 e. The second-order valence-electron chi connectivity index (χ2n) is 3.17. The van der Waals surface area contributed by atoms with Crippen LogP contribution in [-0.4, -0.2) is 25.5 Å². The van der Waals surface area contributed by atoms with Gasteiger partial charge in [-0.05, 0) is 23.8 Å². The third-order valence-electron chi connectivity index (χ3n) is 1.91. The Balaban J connectivity index is 2.45. The molecule has 1 rings (SSSR count). The highest BCUT2D eigenvalue weighted by Gasteiger charge is 2.01. The zero-order chi connectivity index (χ0) is 12.7. The van der Waals surface area contributed by atoms with Gasteiger partial charge in [0.15, 0.2) is 6.61 Å². The van der Waals surface area contributed by atoms with E-state index >= 15 is 0 Å². The van der Waals surface area contributed by atoms with E-state index in [0.29, 0.717) is 5.56 Å². The zero-order valence-corrected chi connectivity index (χ0v) is 9.27. The van der Waals surface area contributed by atoms with Crippen molar-refractivity contribution in [2.24, 2.45) is 0 Å². The van der Waals surface area contributed by atoms with Crippen LogP contribution in [0.1, 0.15) is 5.56 Å². The number of likely N-dealkylation sites (N-methyl/N-ethyl adjacent to an activating group) is 1. The average Bonchev–Trinajstić information content (AvgIpc) is 2.35. The molecule has 0 radical (unpaired) electrons. The summed E-state index contributed by atoms with van der Waals surface area (Å²) in [6.07, 6.45) is 2.65. The summed E-state index contributed by atoms with van der Waals surface area (Å²) in [5.41, 5.74) is 0.670. The molecule has 1 amide bonds. The van der Waals surface area contributed by atoms with Crippen molar-refractivity contribution >= 4 is 18.0 Å². The highest BCUT2D eigenvalue weighted by molar-refractivity contribution is 5.89.